The predicted octanol–water partition coefficient (Wildman–Crippen LogP) is 0.396. The van der Waals surface area contributed by atoms with Crippen LogP contribution in [0.4, 0.5) is 0 Å². The minimum atomic E-state index is -3.45. The van der Waals surface area contributed by atoms with Crippen molar-refractivity contribution in [1.82, 2.24) is 4.72 Å². The van der Waals surface area contributed by atoms with Gasteiger partial charge in [-0.1, -0.05) is 19.1 Å². The summed E-state index contributed by atoms with van der Waals surface area (Å²) in [7, 11) is -3.45. The lowest BCUT2D eigenvalue weighted by atomic mass is 10.0. The van der Waals surface area contributed by atoms with Gasteiger partial charge in [0.1, 0.15) is 5.25 Å². The van der Waals surface area contributed by atoms with Crippen molar-refractivity contribution in [1.29, 1.82) is 0 Å². The number of nitrogens with one attached hydrogen (secondary N) is 1. The Morgan fingerprint density at radius 1 is 1.65 bits per heavy atom. The summed E-state index contributed by atoms with van der Waals surface area (Å²) in [6.45, 7) is 4.80. The van der Waals surface area contributed by atoms with Crippen LogP contribution in [0.25, 0.3) is 0 Å². The van der Waals surface area contributed by atoms with Gasteiger partial charge in [-0.15, -0.1) is 0 Å². The first-order valence-corrected chi connectivity index (χ1v) is 7.73. The summed E-state index contributed by atoms with van der Waals surface area (Å²) in [5, 5.41) is -0.782. The summed E-state index contributed by atoms with van der Waals surface area (Å²) in [4.78, 5) is 0.0238. The van der Waals surface area contributed by atoms with Gasteiger partial charge >= 0.3 is 0 Å². The van der Waals surface area contributed by atoms with E-state index >= 15 is 0 Å². The highest BCUT2D eigenvalue weighted by atomic mass is 32.2. The lowest BCUT2D eigenvalue weighted by molar-refractivity contribution is 0.107. The van der Waals surface area contributed by atoms with E-state index in [2.05, 4.69) is 4.72 Å². The molecule has 0 aromatic heterocycles. The highest BCUT2D eigenvalue weighted by Crippen LogP contribution is 2.20. The third-order valence-corrected chi connectivity index (χ3v) is 5.48. The van der Waals surface area contributed by atoms with Gasteiger partial charge in [0.15, 0.2) is 0 Å². The van der Waals surface area contributed by atoms with Crippen molar-refractivity contribution >= 4 is 27.2 Å². The number of thiocarbonyl (C=S) groups is 1. The molecule has 7 heteroatoms. The molecule has 3 N–H and O–H groups in total. The largest absolute Gasteiger partial charge is 0.392 e. The van der Waals surface area contributed by atoms with Crippen LogP contribution in [0.15, 0.2) is 0 Å². The summed E-state index contributed by atoms with van der Waals surface area (Å²) in [5.41, 5.74) is 5.43. The van der Waals surface area contributed by atoms with Gasteiger partial charge in [-0.05, 0) is 19.8 Å². The number of ether oxygens (including phenoxy) is 1. The molecule has 0 saturated carbocycles. The Hall–Kier alpha value is -0.240. The highest BCUT2D eigenvalue weighted by Gasteiger charge is 2.30. The third kappa shape index (κ3) is 3.87. The van der Waals surface area contributed by atoms with Gasteiger partial charge in [-0.25, -0.2) is 13.1 Å². The highest BCUT2D eigenvalue weighted by molar-refractivity contribution is 7.93. The van der Waals surface area contributed by atoms with Crippen LogP contribution >= 0.6 is 12.2 Å². The molecule has 0 amide bonds. The summed E-state index contributed by atoms with van der Waals surface area (Å²) >= 11 is 4.77. The standard InChI is InChI=1S/C10H20N2O3S2/c1-3-9(10(11)16)17(13,14)12-6-8-4-5-15-7(8)2/h7-9,12H,3-6H2,1-2H3,(H2,11,16). The first-order chi connectivity index (χ1) is 7.88. The van der Waals surface area contributed by atoms with Gasteiger partial charge in [0.2, 0.25) is 10.0 Å². The van der Waals surface area contributed by atoms with Crippen LogP contribution in [0.5, 0.6) is 0 Å². The molecule has 17 heavy (non-hydrogen) atoms. The molecule has 1 rings (SSSR count). The van der Waals surface area contributed by atoms with Crippen LogP contribution in [-0.2, 0) is 14.8 Å². The second-order valence-electron chi connectivity index (χ2n) is 4.32. The zero-order chi connectivity index (χ0) is 13.1. The van der Waals surface area contributed by atoms with Crippen LogP contribution in [0.3, 0.4) is 0 Å². The van der Waals surface area contributed by atoms with E-state index in [4.69, 9.17) is 22.7 Å². The molecule has 1 aliphatic rings. The fourth-order valence-corrected chi connectivity index (χ4v) is 3.88. The van der Waals surface area contributed by atoms with Crippen LogP contribution in [0, 0.1) is 5.92 Å². The van der Waals surface area contributed by atoms with E-state index in [9.17, 15) is 8.42 Å². The summed E-state index contributed by atoms with van der Waals surface area (Å²) in [5.74, 6) is 0.230. The lowest BCUT2D eigenvalue weighted by Crippen LogP contribution is -2.43. The molecule has 1 fully saturated rings. The average Bonchev–Trinajstić information content (AvgIpc) is 2.61. The van der Waals surface area contributed by atoms with E-state index in [1.165, 1.54) is 0 Å². The molecule has 1 aliphatic heterocycles. The molecule has 3 atom stereocenters. The van der Waals surface area contributed by atoms with Crippen molar-refractivity contribution in [3.8, 4) is 0 Å². The molecule has 100 valence electrons. The Labute approximate surface area is 108 Å². The van der Waals surface area contributed by atoms with Crippen molar-refractivity contribution in [3.63, 3.8) is 0 Å². The second-order valence-corrected chi connectivity index (χ2v) is 6.74. The molecule has 3 unspecified atom stereocenters. The molecule has 1 saturated heterocycles. The molecule has 0 spiro atoms. The molecular formula is C10H20N2O3S2. The van der Waals surface area contributed by atoms with E-state index in [1.807, 2.05) is 6.92 Å². The van der Waals surface area contributed by atoms with Crippen molar-refractivity contribution in [2.45, 2.75) is 38.0 Å². The van der Waals surface area contributed by atoms with Crippen LogP contribution in [0.1, 0.15) is 26.7 Å². The molecule has 0 radical (unpaired) electrons. The maximum absolute atomic E-state index is 11.9. The van der Waals surface area contributed by atoms with Crippen LogP contribution in [-0.4, -0.2) is 37.9 Å². The minimum absolute atomic E-state index is 0.0238. The number of nitrogens with two attached hydrogens (primary N) is 1. The third-order valence-electron chi connectivity index (χ3n) is 3.14. The smallest absolute Gasteiger partial charge is 0.221 e. The maximum atomic E-state index is 11.9. The first-order valence-electron chi connectivity index (χ1n) is 5.78. The van der Waals surface area contributed by atoms with Crippen molar-refractivity contribution in [3.05, 3.63) is 0 Å². The Morgan fingerprint density at radius 2 is 2.29 bits per heavy atom. The maximum Gasteiger partial charge on any atom is 0.221 e. The molecule has 0 aromatic carbocycles. The minimum Gasteiger partial charge on any atom is -0.392 e. The van der Waals surface area contributed by atoms with Crippen molar-refractivity contribution in [2.24, 2.45) is 11.7 Å². The quantitative estimate of drug-likeness (QED) is 0.688. The van der Waals surface area contributed by atoms with E-state index in [0.717, 1.165) is 6.42 Å². The SMILES string of the molecule is CCC(C(N)=S)S(=O)(=O)NCC1CCOC1C. The predicted molar refractivity (Wildman–Crippen MR) is 71.3 cm³/mol. The second kappa shape index (κ2) is 6.08. The van der Waals surface area contributed by atoms with Crippen molar-refractivity contribution in [2.75, 3.05) is 13.2 Å². The molecule has 0 aromatic rings. The average molecular weight is 280 g/mol. The number of hydrogen-bond acceptors (Lipinski definition) is 4. The fourth-order valence-electron chi connectivity index (χ4n) is 1.94. The van der Waals surface area contributed by atoms with E-state index in [0.29, 0.717) is 19.6 Å². The van der Waals surface area contributed by atoms with E-state index in [1.54, 1.807) is 6.92 Å². The summed E-state index contributed by atoms with van der Waals surface area (Å²) in [6, 6.07) is 0. The van der Waals surface area contributed by atoms with Gasteiger partial charge in [-0.3, -0.25) is 0 Å². The van der Waals surface area contributed by atoms with Crippen LogP contribution < -0.4 is 10.5 Å². The number of sulfonamides is 1. The molecule has 1 heterocycles. The monoisotopic (exact) mass is 280 g/mol. The zero-order valence-electron chi connectivity index (χ0n) is 10.2. The van der Waals surface area contributed by atoms with Gasteiger partial charge in [0, 0.05) is 19.1 Å². The Kier molecular flexibility index (Phi) is 5.30. The molecule has 0 bridgehead atoms. The normalized spacial score (nSPS) is 26.9. The Balaban J connectivity index is 2.57. The Morgan fingerprint density at radius 3 is 2.71 bits per heavy atom. The van der Waals surface area contributed by atoms with Crippen molar-refractivity contribution < 1.29 is 13.2 Å². The van der Waals surface area contributed by atoms with Gasteiger partial charge in [0.05, 0.1) is 11.1 Å². The molecular weight excluding hydrogens is 260 g/mol. The molecule has 5 nitrogen and oxygen atoms in total. The van der Waals surface area contributed by atoms with E-state index < -0.39 is 15.3 Å². The Bertz CT molecular complexity index is 370. The first kappa shape index (κ1) is 14.8. The topological polar surface area (TPSA) is 81.4 Å². The summed E-state index contributed by atoms with van der Waals surface area (Å²) < 4.78 is 31.9. The van der Waals surface area contributed by atoms with E-state index in [-0.39, 0.29) is 17.0 Å². The van der Waals surface area contributed by atoms with Gasteiger partial charge < -0.3 is 10.5 Å². The van der Waals surface area contributed by atoms with Gasteiger partial charge in [-0.2, -0.15) is 0 Å². The number of rotatable bonds is 6. The lowest BCUT2D eigenvalue weighted by Gasteiger charge is -2.18. The van der Waals surface area contributed by atoms with Crippen LogP contribution in [0.2, 0.25) is 0 Å². The molecule has 0 aliphatic carbocycles. The zero-order valence-corrected chi connectivity index (χ0v) is 11.8. The number of hydrogen-bond donors (Lipinski definition) is 2. The fraction of sp³-hybridized carbons (Fsp3) is 0.900. The van der Waals surface area contributed by atoms with Gasteiger partial charge in [0.25, 0.3) is 0 Å². The summed E-state index contributed by atoms with van der Waals surface area (Å²) in [6.07, 6.45) is 1.37.